The molecule has 2 aromatic heterocycles. The van der Waals surface area contributed by atoms with Gasteiger partial charge in [0.15, 0.2) is 26.8 Å². The summed E-state index contributed by atoms with van der Waals surface area (Å²) in [5.41, 5.74) is 4.38. The second-order valence-electron chi connectivity index (χ2n) is 10.8. The SMILES string of the molecule is CC(C)OC(=O)C(C)NP(=O)(OCCSC(=O)C(C)(C)C)OCC1OC(n2cnc3c(=O)[nH]c(N)nc32)C(Cl)(Cl)C1O. The normalized spacial score (nSPS) is 22.8. The summed E-state index contributed by atoms with van der Waals surface area (Å²) < 4.78 is 35.0. The molecule has 0 aromatic carbocycles. The molecular weight excluding hydrogens is 638 g/mol. The number of hydrogen-bond donors (Lipinski definition) is 4. The molecule has 1 fully saturated rings. The van der Waals surface area contributed by atoms with E-state index >= 15 is 0 Å². The second-order valence-corrected chi connectivity index (χ2v) is 15.1. The number of aliphatic hydroxyl groups excluding tert-OH is 1. The van der Waals surface area contributed by atoms with E-state index in [1.807, 2.05) is 0 Å². The van der Waals surface area contributed by atoms with Crippen molar-refractivity contribution in [2.24, 2.45) is 5.41 Å². The van der Waals surface area contributed by atoms with Crippen LogP contribution in [0.2, 0.25) is 0 Å². The Kier molecular flexibility index (Phi) is 11.2. The summed E-state index contributed by atoms with van der Waals surface area (Å²) >= 11 is 13.9. The third kappa shape index (κ3) is 8.24. The topological polar surface area (TPSA) is 210 Å². The number of nitrogens with two attached hydrogens (primary N) is 1. The van der Waals surface area contributed by atoms with Crippen molar-refractivity contribution in [3.63, 3.8) is 0 Å². The van der Waals surface area contributed by atoms with Crippen molar-refractivity contribution in [1.82, 2.24) is 24.6 Å². The number of esters is 1. The average molecular weight is 674 g/mol. The number of aliphatic hydroxyl groups is 1. The van der Waals surface area contributed by atoms with Gasteiger partial charge in [-0.2, -0.15) is 4.98 Å². The zero-order valence-corrected chi connectivity index (χ0v) is 27.1. The Morgan fingerprint density at radius 1 is 1.33 bits per heavy atom. The molecule has 0 bridgehead atoms. The molecule has 0 aliphatic carbocycles. The quantitative estimate of drug-likeness (QED) is 0.110. The van der Waals surface area contributed by atoms with Gasteiger partial charge in [-0.15, -0.1) is 0 Å². The molecule has 15 nitrogen and oxygen atoms in total. The van der Waals surface area contributed by atoms with Gasteiger partial charge in [0.25, 0.3) is 5.56 Å². The lowest BCUT2D eigenvalue weighted by atomic mass is 10.00. The molecule has 19 heteroatoms. The number of ether oxygens (including phenoxy) is 2. The number of carbonyl (C=O) groups is 2. The Labute approximate surface area is 256 Å². The van der Waals surface area contributed by atoms with E-state index in [0.717, 1.165) is 11.8 Å². The van der Waals surface area contributed by atoms with E-state index in [9.17, 15) is 24.1 Å². The van der Waals surface area contributed by atoms with Gasteiger partial charge in [-0.25, -0.2) is 14.6 Å². The summed E-state index contributed by atoms with van der Waals surface area (Å²) in [6.45, 7) is 9.28. The Morgan fingerprint density at radius 2 is 2.00 bits per heavy atom. The summed E-state index contributed by atoms with van der Waals surface area (Å²) in [4.78, 5) is 47.1. The monoisotopic (exact) mass is 672 g/mol. The smallest absolute Gasteiger partial charge is 0.406 e. The molecule has 42 heavy (non-hydrogen) atoms. The van der Waals surface area contributed by atoms with Crippen LogP contribution in [0.15, 0.2) is 11.1 Å². The van der Waals surface area contributed by atoms with Gasteiger partial charge in [0.2, 0.25) is 5.95 Å². The van der Waals surface area contributed by atoms with Crippen LogP contribution in [-0.4, -0.2) is 83.4 Å². The summed E-state index contributed by atoms with van der Waals surface area (Å²) in [5, 5.41) is 13.3. The van der Waals surface area contributed by atoms with Gasteiger partial charge >= 0.3 is 13.7 Å². The predicted molar refractivity (Wildman–Crippen MR) is 157 cm³/mol. The number of imidazole rings is 1. The second kappa shape index (κ2) is 13.5. The molecule has 1 aliphatic rings. The van der Waals surface area contributed by atoms with Gasteiger partial charge < -0.3 is 20.3 Å². The van der Waals surface area contributed by atoms with Gasteiger partial charge in [0.05, 0.1) is 25.6 Å². The van der Waals surface area contributed by atoms with Crippen molar-refractivity contribution in [3.8, 4) is 0 Å². The number of fused-ring (bicyclic) bond motifs is 1. The highest BCUT2D eigenvalue weighted by Gasteiger charge is 2.56. The summed E-state index contributed by atoms with van der Waals surface area (Å²) in [7, 11) is -4.27. The van der Waals surface area contributed by atoms with E-state index in [4.69, 9.17) is 47.5 Å². The number of H-pyrrole nitrogens is 1. The van der Waals surface area contributed by atoms with Gasteiger partial charge in [0.1, 0.15) is 18.2 Å². The fraction of sp³-hybridized carbons (Fsp3) is 0.696. The van der Waals surface area contributed by atoms with Crippen LogP contribution in [0.1, 0.15) is 47.8 Å². The molecule has 0 amide bonds. The molecule has 0 saturated carbocycles. The molecule has 1 saturated heterocycles. The van der Waals surface area contributed by atoms with Gasteiger partial charge in [-0.3, -0.25) is 33.0 Å². The lowest BCUT2D eigenvalue weighted by Crippen LogP contribution is -2.39. The van der Waals surface area contributed by atoms with Crippen LogP contribution >= 0.6 is 42.7 Å². The average Bonchev–Trinajstić information content (AvgIpc) is 3.37. The molecular formula is C23H35Cl2N6O9PS. The minimum Gasteiger partial charge on any atom is -0.462 e. The van der Waals surface area contributed by atoms with Crippen molar-refractivity contribution in [2.75, 3.05) is 24.7 Å². The third-order valence-corrected chi connectivity index (χ3v) is 9.52. The van der Waals surface area contributed by atoms with Crippen LogP contribution in [0, 0.1) is 5.41 Å². The molecule has 236 valence electrons. The number of carbonyl (C=O) groups excluding carboxylic acids is 2. The molecule has 1 aliphatic heterocycles. The molecule has 5 N–H and O–H groups in total. The van der Waals surface area contributed by atoms with E-state index in [1.54, 1.807) is 34.6 Å². The molecule has 5 atom stereocenters. The Hall–Kier alpha value is -1.75. The highest BCUT2D eigenvalue weighted by Crippen LogP contribution is 2.50. The number of aromatic amines is 1. The highest BCUT2D eigenvalue weighted by molar-refractivity contribution is 8.13. The van der Waals surface area contributed by atoms with Crippen molar-refractivity contribution >= 4 is 70.9 Å². The number of rotatable bonds is 12. The first kappa shape index (κ1) is 34.7. The largest absolute Gasteiger partial charge is 0.462 e. The Balaban J connectivity index is 1.77. The van der Waals surface area contributed by atoms with Crippen molar-refractivity contribution in [1.29, 1.82) is 0 Å². The van der Waals surface area contributed by atoms with Crippen molar-refractivity contribution < 1.29 is 37.8 Å². The van der Waals surface area contributed by atoms with Crippen molar-refractivity contribution in [2.45, 2.75) is 76.5 Å². The fourth-order valence-corrected chi connectivity index (χ4v) is 6.62. The molecule has 3 rings (SSSR count). The van der Waals surface area contributed by atoms with Crippen LogP contribution in [0.4, 0.5) is 5.95 Å². The number of aromatic nitrogens is 4. The number of alkyl halides is 2. The minimum atomic E-state index is -4.27. The molecule has 0 radical (unpaired) electrons. The third-order valence-electron chi connectivity index (χ3n) is 5.74. The molecule has 2 aromatic rings. The number of thioether (sulfide) groups is 1. The molecule has 3 heterocycles. The van der Waals surface area contributed by atoms with E-state index in [0.29, 0.717) is 0 Å². The van der Waals surface area contributed by atoms with Gasteiger partial charge in [-0.05, 0) is 20.8 Å². The zero-order valence-electron chi connectivity index (χ0n) is 23.8. The molecule has 5 unspecified atom stereocenters. The first-order chi connectivity index (χ1) is 19.4. The van der Waals surface area contributed by atoms with Gasteiger partial charge in [-0.1, -0.05) is 55.7 Å². The molecule has 0 spiro atoms. The lowest BCUT2D eigenvalue weighted by Gasteiger charge is -2.25. The number of hydrogen-bond acceptors (Lipinski definition) is 13. The standard InChI is InChI=1S/C23H35Cl2N6O9PS/c1-11(2)39-18(34)12(3)30-41(36,37-7-8-42-20(35)22(4,5)6)38-9-13-15(32)23(24,25)19(40-13)31-10-27-14-16(31)28-21(26)29-17(14)33/h10-13,15,19,32H,7-9H2,1-6H3,(H,30,36)(H3,26,28,29,33). The number of nitrogen functional groups attached to an aromatic ring is 1. The fourth-order valence-electron chi connectivity index (χ4n) is 3.64. The predicted octanol–water partition coefficient (Wildman–Crippen LogP) is 2.51. The minimum absolute atomic E-state index is 0.00356. The van der Waals surface area contributed by atoms with E-state index < -0.39 is 66.2 Å². The first-order valence-electron chi connectivity index (χ1n) is 12.8. The van der Waals surface area contributed by atoms with Gasteiger partial charge in [0, 0.05) is 11.2 Å². The Bertz CT molecular complexity index is 1400. The van der Waals surface area contributed by atoms with Crippen molar-refractivity contribution in [3.05, 3.63) is 16.7 Å². The van der Waals surface area contributed by atoms with Crippen LogP contribution in [-0.2, 0) is 32.7 Å². The van der Waals surface area contributed by atoms with Crippen LogP contribution in [0.3, 0.4) is 0 Å². The lowest BCUT2D eigenvalue weighted by molar-refractivity contribution is -0.149. The maximum atomic E-state index is 13.7. The number of nitrogens with one attached hydrogen (secondary N) is 2. The first-order valence-corrected chi connectivity index (χ1v) is 16.1. The highest BCUT2D eigenvalue weighted by atomic mass is 35.5. The number of nitrogens with zero attached hydrogens (tertiary/aromatic N) is 3. The maximum absolute atomic E-state index is 13.7. The van der Waals surface area contributed by atoms with Crippen LogP contribution in [0.25, 0.3) is 11.2 Å². The summed E-state index contributed by atoms with van der Waals surface area (Å²) in [6.07, 6.45) is -3.42. The van der Waals surface area contributed by atoms with Crippen LogP contribution < -0.4 is 16.4 Å². The zero-order chi connectivity index (χ0) is 31.6. The summed E-state index contributed by atoms with van der Waals surface area (Å²) in [6, 6.07) is -1.11. The van der Waals surface area contributed by atoms with E-state index in [2.05, 4.69) is 20.0 Å². The number of anilines is 1. The Morgan fingerprint density at radius 3 is 2.62 bits per heavy atom. The van der Waals surface area contributed by atoms with Crippen LogP contribution in [0.5, 0.6) is 0 Å². The summed E-state index contributed by atoms with van der Waals surface area (Å²) in [5.74, 6) is -0.754. The number of halogens is 2. The van der Waals surface area contributed by atoms with E-state index in [-0.39, 0.29) is 34.6 Å². The van der Waals surface area contributed by atoms with E-state index in [1.165, 1.54) is 17.8 Å². The maximum Gasteiger partial charge on any atom is 0.406 e.